The summed E-state index contributed by atoms with van der Waals surface area (Å²) in [6, 6.07) is 8.15. The number of amides is 1. The molecule has 3 rings (SSSR count). The van der Waals surface area contributed by atoms with Crippen LogP contribution in [-0.4, -0.2) is 42.2 Å². The molecule has 1 aromatic carbocycles. The van der Waals surface area contributed by atoms with Gasteiger partial charge in [-0.1, -0.05) is 29.8 Å². The second-order valence-electron chi connectivity index (χ2n) is 4.96. The first-order valence-corrected chi connectivity index (χ1v) is 7.59. The molecule has 0 bridgehead atoms. The summed E-state index contributed by atoms with van der Waals surface area (Å²) in [5, 5.41) is 4.14. The third kappa shape index (κ3) is 2.94. The molecule has 2 aliphatic heterocycles. The molecule has 1 fully saturated rings. The van der Waals surface area contributed by atoms with Gasteiger partial charge in [-0.2, -0.15) is 4.99 Å². The molecule has 5 heteroatoms. The lowest BCUT2D eigenvalue weighted by Crippen LogP contribution is -2.45. The number of aryl methyl sites for hydroxylation is 1. The maximum absolute atomic E-state index is 12.0. The van der Waals surface area contributed by atoms with Gasteiger partial charge < -0.3 is 10.2 Å². The Morgan fingerprint density at radius 3 is 2.65 bits per heavy atom. The molecule has 2 heterocycles. The number of benzene rings is 1. The minimum Gasteiger partial charge on any atom is -0.348 e. The first kappa shape index (κ1) is 13.4. The average Bonchev–Trinajstić information content (AvgIpc) is 2.84. The Balaban J connectivity index is 1.74. The van der Waals surface area contributed by atoms with Crippen LogP contribution in [0.5, 0.6) is 0 Å². The number of carbonyl (C=O) groups is 1. The normalized spacial score (nSPS) is 21.4. The Morgan fingerprint density at radius 2 is 1.95 bits per heavy atom. The van der Waals surface area contributed by atoms with Gasteiger partial charge in [0.15, 0.2) is 5.17 Å². The smallest absolute Gasteiger partial charge is 0.286 e. The van der Waals surface area contributed by atoms with E-state index in [0.29, 0.717) is 4.91 Å². The zero-order valence-electron chi connectivity index (χ0n) is 11.4. The predicted molar refractivity (Wildman–Crippen MR) is 83.6 cm³/mol. The molecule has 104 valence electrons. The molecule has 0 radical (unpaired) electrons. The fourth-order valence-corrected chi connectivity index (χ4v) is 3.17. The van der Waals surface area contributed by atoms with Crippen molar-refractivity contribution in [2.45, 2.75) is 6.92 Å². The number of hydrogen-bond acceptors (Lipinski definition) is 4. The van der Waals surface area contributed by atoms with E-state index in [9.17, 15) is 4.79 Å². The van der Waals surface area contributed by atoms with Gasteiger partial charge in [0, 0.05) is 26.2 Å². The average molecular weight is 287 g/mol. The van der Waals surface area contributed by atoms with Gasteiger partial charge in [0.2, 0.25) is 0 Å². The van der Waals surface area contributed by atoms with Gasteiger partial charge in [0.25, 0.3) is 5.91 Å². The predicted octanol–water partition coefficient (Wildman–Crippen LogP) is 1.87. The molecule has 1 amide bonds. The van der Waals surface area contributed by atoms with Crippen LogP contribution in [0.2, 0.25) is 0 Å². The summed E-state index contributed by atoms with van der Waals surface area (Å²) in [5.74, 6) is -0.121. The van der Waals surface area contributed by atoms with Crippen LogP contribution >= 0.6 is 11.8 Å². The van der Waals surface area contributed by atoms with E-state index >= 15 is 0 Å². The van der Waals surface area contributed by atoms with Gasteiger partial charge in [-0.05, 0) is 30.3 Å². The molecule has 1 N–H and O–H groups in total. The zero-order chi connectivity index (χ0) is 13.9. The Morgan fingerprint density at radius 1 is 1.25 bits per heavy atom. The summed E-state index contributed by atoms with van der Waals surface area (Å²) >= 11 is 1.48. The number of thioether (sulfide) groups is 1. The first-order chi connectivity index (χ1) is 9.72. The minimum atomic E-state index is -0.121. The molecule has 4 nitrogen and oxygen atoms in total. The van der Waals surface area contributed by atoms with Gasteiger partial charge in [-0.25, -0.2) is 0 Å². The van der Waals surface area contributed by atoms with E-state index in [2.05, 4.69) is 34.3 Å². The minimum absolute atomic E-state index is 0.121. The Bertz CT molecular complexity index is 571. The van der Waals surface area contributed by atoms with Gasteiger partial charge in [0.1, 0.15) is 0 Å². The Hall–Kier alpha value is -1.59. The van der Waals surface area contributed by atoms with E-state index in [1.165, 1.54) is 17.3 Å². The summed E-state index contributed by atoms with van der Waals surface area (Å²) in [4.78, 5) is 19.0. The number of rotatable bonds is 1. The number of carbonyl (C=O) groups excluding carboxylic acids is 1. The van der Waals surface area contributed by atoms with Crippen LogP contribution in [0, 0.1) is 6.92 Å². The SMILES string of the molecule is Cc1ccc(C=C2SC(N3CCNCC3)=NC2=O)cc1. The van der Waals surface area contributed by atoms with Crippen molar-refractivity contribution in [3.63, 3.8) is 0 Å². The highest BCUT2D eigenvalue weighted by atomic mass is 32.2. The lowest BCUT2D eigenvalue weighted by Gasteiger charge is -2.27. The van der Waals surface area contributed by atoms with Crippen LogP contribution in [0.25, 0.3) is 6.08 Å². The quantitative estimate of drug-likeness (QED) is 0.801. The molecule has 1 saturated heterocycles. The Labute approximate surface area is 123 Å². The fraction of sp³-hybridized carbons (Fsp3) is 0.333. The third-order valence-corrected chi connectivity index (χ3v) is 4.42. The van der Waals surface area contributed by atoms with Crippen molar-refractivity contribution >= 4 is 28.9 Å². The number of piperazine rings is 1. The second-order valence-corrected chi connectivity index (χ2v) is 5.97. The number of nitrogens with zero attached hydrogens (tertiary/aromatic N) is 2. The first-order valence-electron chi connectivity index (χ1n) is 6.77. The topological polar surface area (TPSA) is 44.7 Å². The van der Waals surface area contributed by atoms with Crippen LogP contribution in [-0.2, 0) is 4.79 Å². The summed E-state index contributed by atoms with van der Waals surface area (Å²) in [5.41, 5.74) is 2.26. The monoisotopic (exact) mass is 287 g/mol. The number of nitrogens with one attached hydrogen (secondary N) is 1. The summed E-state index contributed by atoms with van der Waals surface area (Å²) < 4.78 is 0. The van der Waals surface area contributed by atoms with Crippen molar-refractivity contribution in [3.05, 3.63) is 40.3 Å². The molecule has 1 aromatic rings. The lowest BCUT2D eigenvalue weighted by molar-refractivity contribution is -0.113. The largest absolute Gasteiger partial charge is 0.348 e. The standard InChI is InChI=1S/C15H17N3OS/c1-11-2-4-12(5-3-11)10-13-14(19)17-15(20-13)18-8-6-16-7-9-18/h2-5,10,16H,6-9H2,1H3. The van der Waals surface area contributed by atoms with E-state index < -0.39 is 0 Å². The Kier molecular flexibility index (Phi) is 3.89. The molecule has 0 aliphatic carbocycles. The zero-order valence-corrected chi connectivity index (χ0v) is 12.2. The van der Waals surface area contributed by atoms with Crippen molar-refractivity contribution in [3.8, 4) is 0 Å². The van der Waals surface area contributed by atoms with Crippen LogP contribution < -0.4 is 5.32 Å². The van der Waals surface area contributed by atoms with Crippen LogP contribution in [0.4, 0.5) is 0 Å². The third-order valence-electron chi connectivity index (χ3n) is 3.37. The number of hydrogen-bond donors (Lipinski definition) is 1. The van der Waals surface area contributed by atoms with Gasteiger partial charge in [-0.3, -0.25) is 4.79 Å². The fourth-order valence-electron chi connectivity index (χ4n) is 2.20. The number of amidine groups is 1. The van der Waals surface area contributed by atoms with Crippen molar-refractivity contribution in [2.75, 3.05) is 26.2 Å². The van der Waals surface area contributed by atoms with E-state index in [0.717, 1.165) is 36.9 Å². The van der Waals surface area contributed by atoms with Crippen molar-refractivity contribution in [2.24, 2.45) is 4.99 Å². The molecule has 0 spiro atoms. The summed E-state index contributed by atoms with van der Waals surface area (Å²) in [6.45, 7) is 5.78. The highest BCUT2D eigenvalue weighted by Gasteiger charge is 2.26. The van der Waals surface area contributed by atoms with Gasteiger partial charge in [-0.15, -0.1) is 0 Å². The maximum Gasteiger partial charge on any atom is 0.286 e. The molecule has 0 saturated carbocycles. The van der Waals surface area contributed by atoms with Crippen LogP contribution in [0.3, 0.4) is 0 Å². The highest BCUT2D eigenvalue weighted by molar-refractivity contribution is 8.18. The lowest BCUT2D eigenvalue weighted by atomic mass is 10.1. The van der Waals surface area contributed by atoms with Gasteiger partial charge >= 0.3 is 0 Å². The van der Waals surface area contributed by atoms with Crippen LogP contribution in [0.15, 0.2) is 34.2 Å². The second kappa shape index (κ2) is 5.81. The molecule has 0 aromatic heterocycles. The number of aliphatic imine (C=N–C) groups is 1. The van der Waals surface area contributed by atoms with Gasteiger partial charge in [0.05, 0.1) is 4.91 Å². The van der Waals surface area contributed by atoms with E-state index in [-0.39, 0.29) is 5.91 Å². The molecular weight excluding hydrogens is 270 g/mol. The molecule has 0 atom stereocenters. The van der Waals surface area contributed by atoms with E-state index in [1.807, 2.05) is 18.2 Å². The van der Waals surface area contributed by atoms with Crippen molar-refractivity contribution in [1.29, 1.82) is 0 Å². The van der Waals surface area contributed by atoms with Crippen molar-refractivity contribution in [1.82, 2.24) is 10.2 Å². The van der Waals surface area contributed by atoms with E-state index in [1.54, 1.807) is 0 Å². The van der Waals surface area contributed by atoms with Crippen LogP contribution in [0.1, 0.15) is 11.1 Å². The molecular formula is C15H17N3OS. The summed E-state index contributed by atoms with van der Waals surface area (Å²) in [7, 11) is 0. The summed E-state index contributed by atoms with van der Waals surface area (Å²) in [6.07, 6.45) is 1.92. The molecule has 2 aliphatic rings. The molecule has 20 heavy (non-hydrogen) atoms. The maximum atomic E-state index is 12.0. The highest BCUT2D eigenvalue weighted by Crippen LogP contribution is 2.30. The molecule has 0 unspecified atom stereocenters. The van der Waals surface area contributed by atoms with Crippen molar-refractivity contribution < 1.29 is 4.79 Å². The van der Waals surface area contributed by atoms with E-state index in [4.69, 9.17) is 0 Å².